The van der Waals surface area contributed by atoms with Gasteiger partial charge in [0, 0.05) is 23.1 Å². The van der Waals surface area contributed by atoms with Crippen LogP contribution < -0.4 is 11.3 Å². The number of hydrogen-bond donors (Lipinski definition) is 2. The summed E-state index contributed by atoms with van der Waals surface area (Å²) in [5.41, 5.74) is 2.63. The number of benzene rings is 2. The molecule has 0 bridgehead atoms. The van der Waals surface area contributed by atoms with Gasteiger partial charge in [-0.25, -0.2) is 5.84 Å². The Labute approximate surface area is 133 Å². The first-order valence-corrected chi connectivity index (χ1v) is 6.70. The van der Waals surface area contributed by atoms with Crippen LogP contribution in [0.3, 0.4) is 0 Å². The van der Waals surface area contributed by atoms with E-state index in [1.165, 1.54) is 6.92 Å². The second kappa shape index (κ2) is 8.71. The quantitative estimate of drug-likeness (QED) is 0.299. The summed E-state index contributed by atoms with van der Waals surface area (Å²) in [6, 6.07) is 14.8. The van der Waals surface area contributed by atoms with E-state index in [2.05, 4.69) is 5.84 Å². The van der Waals surface area contributed by atoms with E-state index in [0.29, 0.717) is 16.1 Å². The number of nitrogens with two attached hydrogens (primary N) is 1. The molecule has 3 N–H and O–H groups in total. The molecule has 0 atom stereocenters. The Morgan fingerprint density at radius 3 is 1.68 bits per heavy atom. The van der Waals surface area contributed by atoms with Crippen LogP contribution in [0, 0.1) is 0 Å². The molecule has 0 unspecified atom stereocenters. The SMILES string of the molecule is CC(=O)NN.O=C(C(=O)c1ccc(Cl)cc1)c1ccccc1. The van der Waals surface area contributed by atoms with Gasteiger partial charge in [-0.05, 0) is 24.3 Å². The molecule has 2 aromatic rings. The Morgan fingerprint density at radius 2 is 1.27 bits per heavy atom. The van der Waals surface area contributed by atoms with Crippen molar-refractivity contribution in [3.05, 3.63) is 70.7 Å². The van der Waals surface area contributed by atoms with E-state index >= 15 is 0 Å². The van der Waals surface area contributed by atoms with Crippen LogP contribution in [0.1, 0.15) is 27.6 Å². The Hall–Kier alpha value is -2.50. The molecule has 2 aromatic carbocycles. The normalized spacial score (nSPS) is 9.23. The number of Topliss-reactive ketones (excluding diaryl/α,β-unsaturated/α-hetero) is 2. The van der Waals surface area contributed by atoms with Crippen molar-refractivity contribution in [2.24, 2.45) is 5.84 Å². The molecule has 6 heteroatoms. The highest BCUT2D eigenvalue weighted by atomic mass is 35.5. The molecule has 1 amide bonds. The van der Waals surface area contributed by atoms with Crippen LogP contribution in [0.2, 0.25) is 5.02 Å². The monoisotopic (exact) mass is 318 g/mol. The van der Waals surface area contributed by atoms with Crippen molar-refractivity contribution in [3.8, 4) is 0 Å². The molecule has 0 fully saturated rings. The molecule has 0 aliphatic heterocycles. The van der Waals surface area contributed by atoms with Gasteiger partial charge in [0.25, 0.3) is 0 Å². The molecule has 0 aliphatic rings. The summed E-state index contributed by atoms with van der Waals surface area (Å²) in [5.74, 6) is 3.33. The maximum absolute atomic E-state index is 11.9. The van der Waals surface area contributed by atoms with Crippen molar-refractivity contribution in [1.82, 2.24) is 5.43 Å². The van der Waals surface area contributed by atoms with Crippen molar-refractivity contribution < 1.29 is 14.4 Å². The van der Waals surface area contributed by atoms with Gasteiger partial charge in [-0.15, -0.1) is 0 Å². The molecule has 0 saturated heterocycles. The fourth-order valence-corrected chi connectivity index (χ4v) is 1.58. The summed E-state index contributed by atoms with van der Waals surface area (Å²) in [4.78, 5) is 33.3. The van der Waals surface area contributed by atoms with Gasteiger partial charge in [-0.2, -0.15) is 0 Å². The third-order valence-electron chi connectivity index (χ3n) is 2.55. The first-order valence-electron chi connectivity index (χ1n) is 6.32. The van der Waals surface area contributed by atoms with Crippen LogP contribution in [-0.4, -0.2) is 17.5 Å². The lowest BCUT2D eigenvalue weighted by Crippen LogP contribution is -2.26. The average molecular weight is 319 g/mol. The van der Waals surface area contributed by atoms with Crippen LogP contribution in [-0.2, 0) is 4.79 Å². The van der Waals surface area contributed by atoms with Crippen molar-refractivity contribution in [3.63, 3.8) is 0 Å². The van der Waals surface area contributed by atoms with Gasteiger partial charge in [0.05, 0.1) is 0 Å². The summed E-state index contributed by atoms with van der Waals surface area (Å²) >= 11 is 5.72. The molecule has 0 saturated carbocycles. The third kappa shape index (κ3) is 5.47. The van der Waals surface area contributed by atoms with E-state index in [0.717, 1.165) is 0 Å². The lowest BCUT2D eigenvalue weighted by molar-refractivity contribution is -0.119. The van der Waals surface area contributed by atoms with E-state index in [4.69, 9.17) is 11.6 Å². The molecule has 0 aliphatic carbocycles. The first-order chi connectivity index (χ1) is 10.5. The maximum Gasteiger partial charge on any atom is 0.233 e. The van der Waals surface area contributed by atoms with Gasteiger partial charge in [0.15, 0.2) is 0 Å². The van der Waals surface area contributed by atoms with Crippen molar-refractivity contribution >= 4 is 29.1 Å². The van der Waals surface area contributed by atoms with Crippen molar-refractivity contribution in [1.29, 1.82) is 0 Å². The van der Waals surface area contributed by atoms with Crippen LogP contribution in [0.5, 0.6) is 0 Å². The van der Waals surface area contributed by atoms with E-state index in [-0.39, 0.29) is 5.91 Å². The summed E-state index contributed by atoms with van der Waals surface area (Å²) in [6.45, 7) is 1.35. The van der Waals surface area contributed by atoms with Crippen LogP contribution in [0.25, 0.3) is 0 Å². The van der Waals surface area contributed by atoms with Crippen LogP contribution in [0.4, 0.5) is 0 Å². The number of rotatable bonds is 3. The van der Waals surface area contributed by atoms with Gasteiger partial charge in [0.1, 0.15) is 0 Å². The van der Waals surface area contributed by atoms with E-state index < -0.39 is 11.6 Å². The van der Waals surface area contributed by atoms with Gasteiger partial charge in [0.2, 0.25) is 17.5 Å². The lowest BCUT2D eigenvalue weighted by Gasteiger charge is -2.00. The number of carbonyl (C=O) groups is 3. The molecule has 114 valence electrons. The van der Waals surface area contributed by atoms with Gasteiger partial charge in [-0.3, -0.25) is 19.8 Å². The molecule has 2 rings (SSSR count). The first kappa shape index (κ1) is 17.6. The molecular weight excluding hydrogens is 304 g/mol. The molecule has 0 radical (unpaired) electrons. The van der Waals surface area contributed by atoms with E-state index in [1.807, 2.05) is 5.43 Å². The number of ketones is 2. The molecule has 0 spiro atoms. The minimum atomic E-state index is -0.520. The molecular formula is C16H15ClN2O3. The number of hydrogen-bond acceptors (Lipinski definition) is 4. The van der Waals surface area contributed by atoms with Gasteiger partial charge < -0.3 is 0 Å². The fraction of sp³-hybridized carbons (Fsp3) is 0.0625. The summed E-state index contributed by atoms with van der Waals surface area (Å²) < 4.78 is 0. The smallest absolute Gasteiger partial charge is 0.233 e. The largest absolute Gasteiger partial charge is 0.295 e. The Morgan fingerprint density at radius 1 is 0.864 bits per heavy atom. The second-order valence-electron chi connectivity index (χ2n) is 4.23. The molecule has 5 nitrogen and oxygen atoms in total. The Kier molecular flexibility index (Phi) is 6.95. The number of carbonyl (C=O) groups excluding carboxylic acids is 3. The van der Waals surface area contributed by atoms with Crippen LogP contribution in [0.15, 0.2) is 54.6 Å². The minimum Gasteiger partial charge on any atom is -0.295 e. The third-order valence-corrected chi connectivity index (χ3v) is 2.80. The van der Waals surface area contributed by atoms with E-state index in [9.17, 15) is 14.4 Å². The highest BCUT2D eigenvalue weighted by molar-refractivity contribution is 6.49. The average Bonchev–Trinajstić information content (AvgIpc) is 2.55. The Balaban J connectivity index is 0.000000422. The number of halogens is 1. The maximum atomic E-state index is 11.9. The van der Waals surface area contributed by atoms with Crippen LogP contribution >= 0.6 is 11.6 Å². The lowest BCUT2D eigenvalue weighted by atomic mass is 10.0. The molecule has 0 heterocycles. The number of hydrazine groups is 1. The van der Waals surface area contributed by atoms with Crippen molar-refractivity contribution in [2.75, 3.05) is 0 Å². The fourth-order valence-electron chi connectivity index (χ4n) is 1.45. The summed E-state index contributed by atoms with van der Waals surface area (Å²) in [7, 11) is 0. The predicted molar refractivity (Wildman–Crippen MR) is 84.6 cm³/mol. The Bertz CT molecular complexity index is 655. The predicted octanol–water partition coefficient (Wildman–Crippen LogP) is 2.40. The molecule has 22 heavy (non-hydrogen) atoms. The highest BCUT2D eigenvalue weighted by Gasteiger charge is 2.17. The summed E-state index contributed by atoms with van der Waals surface area (Å²) in [5, 5.41) is 0.536. The standard InChI is InChI=1S/C14H9ClO2.C2H6N2O/c15-12-8-6-11(7-9-12)14(17)13(16)10-4-2-1-3-5-10;1-2(5)4-3/h1-9H;3H2,1H3,(H,4,5). The van der Waals surface area contributed by atoms with Crippen molar-refractivity contribution in [2.45, 2.75) is 6.92 Å². The second-order valence-corrected chi connectivity index (χ2v) is 4.67. The topological polar surface area (TPSA) is 89.3 Å². The zero-order valence-electron chi connectivity index (χ0n) is 11.9. The minimum absolute atomic E-state index is 0.218. The molecule has 0 aromatic heterocycles. The number of nitrogens with one attached hydrogen (secondary N) is 1. The number of amides is 1. The highest BCUT2D eigenvalue weighted by Crippen LogP contribution is 2.12. The van der Waals surface area contributed by atoms with E-state index in [1.54, 1.807) is 54.6 Å². The summed E-state index contributed by atoms with van der Waals surface area (Å²) in [6.07, 6.45) is 0. The zero-order valence-corrected chi connectivity index (χ0v) is 12.6. The van der Waals surface area contributed by atoms with Gasteiger partial charge in [-0.1, -0.05) is 41.9 Å². The van der Waals surface area contributed by atoms with Gasteiger partial charge >= 0.3 is 0 Å². The zero-order chi connectivity index (χ0) is 16.5.